The Kier molecular flexibility index (Phi) is 11.5. The van der Waals surface area contributed by atoms with E-state index in [1.165, 1.54) is 11.1 Å². The Balaban J connectivity index is 1.37. The molecule has 7 heteroatoms. The molecule has 0 spiro atoms. The van der Waals surface area contributed by atoms with Gasteiger partial charge in [0.1, 0.15) is 0 Å². The van der Waals surface area contributed by atoms with Gasteiger partial charge in [0, 0.05) is 24.1 Å². The van der Waals surface area contributed by atoms with Crippen LogP contribution in [0.3, 0.4) is 0 Å². The summed E-state index contributed by atoms with van der Waals surface area (Å²) >= 11 is 0. The van der Waals surface area contributed by atoms with Gasteiger partial charge in [-0.2, -0.15) is 10.2 Å². The molecule has 0 bridgehead atoms. The number of amides is 1. The van der Waals surface area contributed by atoms with Crippen LogP contribution < -0.4 is 21.5 Å². The van der Waals surface area contributed by atoms with E-state index in [-0.39, 0.29) is 12.5 Å². The fourth-order valence-electron chi connectivity index (χ4n) is 3.53. The van der Waals surface area contributed by atoms with Crippen LogP contribution in [-0.4, -0.2) is 38.0 Å². The van der Waals surface area contributed by atoms with Gasteiger partial charge in [0.05, 0.1) is 19.3 Å². The third-order valence-electron chi connectivity index (χ3n) is 5.66. The Labute approximate surface area is 231 Å². The van der Waals surface area contributed by atoms with E-state index in [2.05, 4.69) is 81.1 Å². The van der Waals surface area contributed by atoms with Gasteiger partial charge in [-0.05, 0) is 74.2 Å². The number of nitrogens with one attached hydrogen (secondary N) is 4. The van der Waals surface area contributed by atoms with E-state index in [1.54, 1.807) is 6.21 Å². The standard InChI is InChI=1S/C32H38N6O/c1-24-5-13-30(14-6-24)33-17-18-35-36-21-26(3)19-28-9-11-29(12-10-28)20-27(4)22-37-38-32(39)23-34-31-15-7-25(2)8-16-31/h5-16,19-22,33-35H,17-18,23H2,1-4H3,(H,38,39)/b26-19+,27-20+,36-21+,37-22+. The minimum absolute atomic E-state index is 0.156. The van der Waals surface area contributed by atoms with E-state index in [0.29, 0.717) is 0 Å². The van der Waals surface area contributed by atoms with Crippen molar-refractivity contribution in [3.8, 4) is 0 Å². The minimum Gasteiger partial charge on any atom is -0.383 e. The fourth-order valence-corrected chi connectivity index (χ4v) is 3.53. The molecule has 0 aliphatic carbocycles. The Bertz CT molecular complexity index is 1300. The smallest absolute Gasteiger partial charge is 0.259 e. The highest BCUT2D eigenvalue weighted by molar-refractivity contribution is 5.87. The van der Waals surface area contributed by atoms with Crippen molar-refractivity contribution in [3.63, 3.8) is 0 Å². The molecule has 1 amide bonds. The van der Waals surface area contributed by atoms with Gasteiger partial charge in [0.15, 0.2) is 0 Å². The van der Waals surface area contributed by atoms with Crippen molar-refractivity contribution >= 4 is 41.9 Å². The number of rotatable bonds is 13. The third-order valence-corrected chi connectivity index (χ3v) is 5.66. The second-order valence-corrected chi connectivity index (χ2v) is 9.42. The van der Waals surface area contributed by atoms with Crippen LogP contribution in [0.4, 0.5) is 11.4 Å². The number of benzene rings is 3. The van der Waals surface area contributed by atoms with Crippen LogP contribution in [0.25, 0.3) is 12.2 Å². The molecule has 0 aliphatic heterocycles. The number of anilines is 2. The minimum atomic E-state index is -0.205. The number of hydrazone groups is 2. The molecule has 202 valence electrons. The predicted octanol–water partition coefficient (Wildman–Crippen LogP) is 6.01. The summed E-state index contributed by atoms with van der Waals surface area (Å²) in [5.41, 5.74) is 14.2. The SMILES string of the molecule is CC(/C=N/NCCNc1ccc(C)cc1)=C\c1ccc(/C=C(C)/C=N/NC(=O)CNc2ccc(C)cc2)cc1. The van der Waals surface area contributed by atoms with Crippen LogP contribution >= 0.6 is 0 Å². The topological polar surface area (TPSA) is 89.9 Å². The highest BCUT2D eigenvalue weighted by Crippen LogP contribution is 2.12. The maximum absolute atomic E-state index is 12.0. The van der Waals surface area contributed by atoms with Gasteiger partial charge in [-0.3, -0.25) is 4.79 Å². The van der Waals surface area contributed by atoms with Crippen LogP contribution in [0.2, 0.25) is 0 Å². The Morgan fingerprint density at radius 3 is 1.69 bits per heavy atom. The molecule has 0 saturated heterocycles. The van der Waals surface area contributed by atoms with E-state index < -0.39 is 0 Å². The van der Waals surface area contributed by atoms with Crippen LogP contribution in [0.5, 0.6) is 0 Å². The van der Waals surface area contributed by atoms with Crippen LogP contribution in [0, 0.1) is 13.8 Å². The monoisotopic (exact) mass is 522 g/mol. The number of hydrogen-bond donors (Lipinski definition) is 4. The number of carbonyl (C=O) groups is 1. The molecule has 3 aromatic rings. The lowest BCUT2D eigenvalue weighted by Crippen LogP contribution is -2.25. The zero-order valence-electron chi connectivity index (χ0n) is 23.2. The maximum Gasteiger partial charge on any atom is 0.259 e. The second-order valence-electron chi connectivity index (χ2n) is 9.42. The fraction of sp³-hybridized carbons (Fsp3) is 0.219. The first-order chi connectivity index (χ1) is 18.9. The summed E-state index contributed by atoms with van der Waals surface area (Å²) in [4.78, 5) is 12.0. The molecule has 0 aromatic heterocycles. The second kappa shape index (κ2) is 15.6. The highest BCUT2D eigenvalue weighted by atomic mass is 16.2. The number of allylic oxidation sites excluding steroid dienone is 2. The molecular weight excluding hydrogens is 484 g/mol. The molecule has 3 rings (SSSR count). The quantitative estimate of drug-likeness (QED) is 0.126. The van der Waals surface area contributed by atoms with Crippen molar-refractivity contribution in [1.82, 2.24) is 10.9 Å². The van der Waals surface area contributed by atoms with Gasteiger partial charge in [-0.15, -0.1) is 0 Å². The lowest BCUT2D eigenvalue weighted by Gasteiger charge is -2.06. The summed E-state index contributed by atoms with van der Waals surface area (Å²) in [7, 11) is 0. The lowest BCUT2D eigenvalue weighted by atomic mass is 10.1. The molecule has 0 aliphatic rings. The van der Waals surface area contributed by atoms with Crippen molar-refractivity contribution in [2.24, 2.45) is 10.2 Å². The molecule has 0 heterocycles. The van der Waals surface area contributed by atoms with E-state index in [4.69, 9.17) is 0 Å². The number of nitrogens with zero attached hydrogens (tertiary/aromatic N) is 2. The van der Waals surface area contributed by atoms with Crippen LogP contribution in [0.15, 0.2) is 94.1 Å². The molecule has 4 N–H and O–H groups in total. The molecule has 0 saturated carbocycles. The van der Waals surface area contributed by atoms with Crippen molar-refractivity contribution in [1.29, 1.82) is 0 Å². The first-order valence-corrected chi connectivity index (χ1v) is 13.0. The summed E-state index contributed by atoms with van der Waals surface area (Å²) in [6, 6.07) is 24.4. The zero-order valence-corrected chi connectivity index (χ0v) is 23.2. The van der Waals surface area contributed by atoms with Crippen LogP contribution in [-0.2, 0) is 4.79 Å². The molecule has 0 radical (unpaired) electrons. The van der Waals surface area contributed by atoms with E-state index in [9.17, 15) is 4.79 Å². The summed E-state index contributed by atoms with van der Waals surface area (Å²) in [5, 5.41) is 14.8. The Morgan fingerprint density at radius 1 is 0.667 bits per heavy atom. The highest BCUT2D eigenvalue weighted by Gasteiger charge is 1.99. The van der Waals surface area contributed by atoms with Crippen molar-refractivity contribution in [3.05, 3.63) is 106 Å². The zero-order chi connectivity index (χ0) is 27.9. The van der Waals surface area contributed by atoms with Gasteiger partial charge in [-0.1, -0.05) is 71.8 Å². The Hall–Kier alpha value is -4.65. The van der Waals surface area contributed by atoms with Crippen molar-refractivity contribution in [2.45, 2.75) is 27.7 Å². The summed E-state index contributed by atoms with van der Waals surface area (Å²) in [5.74, 6) is -0.205. The molecule has 0 fully saturated rings. The molecule has 0 unspecified atom stereocenters. The summed E-state index contributed by atoms with van der Waals surface area (Å²) < 4.78 is 0. The Morgan fingerprint density at radius 2 is 1.15 bits per heavy atom. The third kappa shape index (κ3) is 11.5. The average molecular weight is 523 g/mol. The molecule has 7 nitrogen and oxygen atoms in total. The number of aryl methyl sites for hydroxylation is 2. The maximum atomic E-state index is 12.0. The molecule has 0 atom stereocenters. The number of carbonyl (C=O) groups excluding carboxylic acids is 1. The number of hydrogen-bond acceptors (Lipinski definition) is 6. The summed E-state index contributed by atoms with van der Waals surface area (Å²) in [6.07, 6.45) is 7.56. The molecule has 39 heavy (non-hydrogen) atoms. The predicted molar refractivity (Wildman–Crippen MR) is 166 cm³/mol. The van der Waals surface area contributed by atoms with Gasteiger partial charge < -0.3 is 16.1 Å². The van der Waals surface area contributed by atoms with E-state index >= 15 is 0 Å². The van der Waals surface area contributed by atoms with Gasteiger partial charge in [0.2, 0.25) is 0 Å². The van der Waals surface area contributed by atoms with Gasteiger partial charge >= 0.3 is 0 Å². The van der Waals surface area contributed by atoms with E-state index in [0.717, 1.165) is 46.7 Å². The first-order valence-electron chi connectivity index (χ1n) is 13.0. The van der Waals surface area contributed by atoms with Gasteiger partial charge in [-0.25, -0.2) is 5.43 Å². The van der Waals surface area contributed by atoms with Crippen molar-refractivity contribution in [2.75, 3.05) is 30.3 Å². The molecular formula is C32H38N6O. The average Bonchev–Trinajstić information content (AvgIpc) is 2.92. The summed E-state index contributed by atoms with van der Waals surface area (Å²) in [6.45, 7) is 9.75. The van der Waals surface area contributed by atoms with Crippen molar-refractivity contribution < 1.29 is 4.79 Å². The first kappa shape index (κ1) is 28.9. The molecule has 3 aromatic carbocycles. The normalized spacial score (nSPS) is 12.1. The van der Waals surface area contributed by atoms with Crippen LogP contribution in [0.1, 0.15) is 36.1 Å². The van der Waals surface area contributed by atoms with E-state index in [1.807, 2.05) is 69.5 Å². The largest absolute Gasteiger partial charge is 0.383 e. The van der Waals surface area contributed by atoms with Gasteiger partial charge in [0.25, 0.3) is 5.91 Å². The lowest BCUT2D eigenvalue weighted by molar-refractivity contribution is -0.119.